The van der Waals surface area contributed by atoms with E-state index in [1.165, 1.54) is 23.1 Å². The third-order valence-electron chi connectivity index (χ3n) is 4.48. The van der Waals surface area contributed by atoms with Crippen molar-refractivity contribution in [3.63, 3.8) is 0 Å². The van der Waals surface area contributed by atoms with Gasteiger partial charge >= 0.3 is 0 Å². The predicted octanol–water partition coefficient (Wildman–Crippen LogP) is 2.18. The molecule has 2 heteroatoms. The maximum Gasteiger partial charge on any atom is 0.0588 e. The molecule has 2 fully saturated rings. The van der Waals surface area contributed by atoms with Crippen LogP contribution in [-0.2, 0) is 10.2 Å². The van der Waals surface area contributed by atoms with Gasteiger partial charge in [-0.3, -0.25) is 0 Å². The Morgan fingerprint density at radius 3 is 2.65 bits per heavy atom. The molecule has 2 aliphatic rings. The highest BCUT2D eigenvalue weighted by molar-refractivity contribution is 5.39. The molecule has 2 aliphatic heterocycles. The lowest BCUT2D eigenvalue weighted by Crippen LogP contribution is -2.53. The van der Waals surface area contributed by atoms with E-state index in [9.17, 15) is 0 Å². The van der Waals surface area contributed by atoms with E-state index in [1.54, 1.807) is 0 Å². The molecular weight excluding hydrogens is 210 g/mol. The van der Waals surface area contributed by atoms with Crippen LogP contribution < -0.4 is 5.32 Å². The normalized spacial score (nSPS) is 26.8. The molecule has 2 nitrogen and oxygen atoms in total. The Kier molecular flexibility index (Phi) is 2.72. The van der Waals surface area contributed by atoms with Gasteiger partial charge in [-0.25, -0.2) is 0 Å². The van der Waals surface area contributed by atoms with Crippen LogP contribution in [0.25, 0.3) is 0 Å². The molecule has 2 saturated heterocycles. The zero-order valence-corrected chi connectivity index (χ0v) is 10.8. The molecule has 0 amide bonds. The molecule has 1 N–H and O–H groups in total. The molecule has 0 saturated carbocycles. The first-order valence-electron chi connectivity index (χ1n) is 6.58. The van der Waals surface area contributed by atoms with Crippen molar-refractivity contribution >= 4 is 0 Å². The molecule has 0 aromatic heterocycles. The second-order valence-electron chi connectivity index (χ2n) is 5.66. The highest BCUT2D eigenvalue weighted by Gasteiger charge is 2.48. The van der Waals surface area contributed by atoms with Gasteiger partial charge in [0.15, 0.2) is 0 Å². The van der Waals surface area contributed by atoms with Gasteiger partial charge < -0.3 is 10.1 Å². The lowest BCUT2D eigenvalue weighted by molar-refractivity contribution is -0.0872. The second-order valence-corrected chi connectivity index (χ2v) is 5.66. The molecule has 0 spiro atoms. The van der Waals surface area contributed by atoms with E-state index >= 15 is 0 Å². The fraction of sp³-hybridized carbons (Fsp3) is 0.600. The zero-order valence-electron chi connectivity index (χ0n) is 10.8. The van der Waals surface area contributed by atoms with Gasteiger partial charge in [0.1, 0.15) is 0 Å². The molecule has 0 bridgehead atoms. The Morgan fingerprint density at radius 1 is 1.29 bits per heavy atom. The van der Waals surface area contributed by atoms with Crippen molar-refractivity contribution in [2.75, 3.05) is 26.3 Å². The lowest BCUT2D eigenvalue weighted by atomic mass is 9.67. The van der Waals surface area contributed by atoms with Gasteiger partial charge in [-0.15, -0.1) is 0 Å². The Morgan fingerprint density at radius 2 is 2.12 bits per heavy atom. The average molecular weight is 231 g/mol. The average Bonchev–Trinajstić information content (AvgIpc) is 2.73. The number of ether oxygens (including phenoxy) is 1. The monoisotopic (exact) mass is 231 g/mol. The largest absolute Gasteiger partial charge is 0.379 e. The van der Waals surface area contributed by atoms with Crippen LogP contribution in [0.2, 0.25) is 0 Å². The van der Waals surface area contributed by atoms with Gasteiger partial charge in [-0.05, 0) is 50.4 Å². The highest BCUT2D eigenvalue weighted by Crippen LogP contribution is 2.43. The van der Waals surface area contributed by atoms with E-state index < -0.39 is 0 Å². The van der Waals surface area contributed by atoms with E-state index in [0.29, 0.717) is 5.41 Å². The van der Waals surface area contributed by atoms with Crippen molar-refractivity contribution in [3.8, 4) is 0 Å². The lowest BCUT2D eigenvalue weighted by Gasteiger charge is -2.47. The van der Waals surface area contributed by atoms with Gasteiger partial charge in [-0.1, -0.05) is 23.8 Å². The van der Waals surface area contributed by atoms with Gasteiger partial charge in [0.25, 0.3) is 0 Å². The van der Waals surface area contributed by atoms with Crippen LogP contribution >= 0.6 is 0 Å². The van der Waals surface area contributed by atoms with E-state index in [0.717, 1.165) is 32.2 Å². The molecule has 1 unspecified atom stereocenters. The first-order valence-corrected chi connectivity index (χ1v) is 6.58. The quantitative estimate of drug-likeness (QED) is 0.842. The van der Waals surface area contributed by atoms with Crippen molar-refractivity contribution in [1.29, 1.82) is 0 Å². The van der Waals surface area contributed by atoms with Gasteiger partial charge in [0.05, 0.1) is 13.2 Å². The summed E-state index contributed by atoms with van der Waals surface area (Å²) in [7, 11) is 0. The van der Waals surface area contributed by atoms with Crippen LogP contribution in [0.3, 0.4) is 0 Å². The molecular formula is C15H21NO. The molecule has 1 aromatic rings. The highest BCUT2D eigenvalue weighted by atomic mass is 16.5. The van der Waals surface area contributed by atoms with Gasteiger partial charge in [-0.2, -0.15) is 0 Å². The minimum Gasteiger partial charge on any atom is -0.379 e. The van der Waals surface area contributed by atoms with Crippen molar-refractivity contribution < 1.29 is 4.74 Å². The smallest absolute Gasteiger partial charge is 0.0588 e. The topological polar surface area (TPSA) is 21.3 Å². The minimum absolute atomic E-state index is 0.293. The van der Waals surface area contributed by atoms with Gasteiger partial charge in [0.2, 0.25) is 0 Å². The zero-order chi connectivity index (χ0) is 11.9. The maximum absolute atomic E-state index is 5.56. The Balaban J connectivity index is 1.98. The summed E-state index contributed by atoms with van der Waals surface area (Å²) in [6.45, 7) is 8.53. The summed E-state index contributed by atoms with van der Waals surface area (Å²) in [5, 5.41) is 3.49. The van der Waals surface area contributed by atoms with Crippen LogP contribution in [0.1, 0.15) is 23.1 Å². The summed E-state index contributed by atoms with van der Waals surface area (Å²) < 4.78 is 5.56. The van der Waals surface area contributed by atoms with E-state index in [2.05, 4.69) is 37.4 Å². The molecule has 0 radical (unpaired) electrons. The number of hydrogen-bond donors (Lipinski definition) is 1. The minimum atomic E-state index is 0.293. The number of nitrogens with one attached hydrogen (secondary N) is 1. The molecule has 1 aromatic carbocycles. The Labute approximate surface area is 103 Å². The van der Waals surface area contributed by atoms with Gasteiger partial charge in [0, 0.05) is 5.41 Å². The standard InChI is InChI=1S/C15H21NO/c1-11-3-4-14(12(2)7-11)15(9-17-10-15)13-5-6-16-8-13/h3-4,7,13,16H,5-6,8-10H2,1-2H3. The van der Waals surface area contributed by atoms with Crippen LogP contribution in [0.5, 0.6) is 0 Å². The number of hydrogen-bond acceptors (Lipinski definition) is 2. The summed E-state index contributed by atoms with van der Waals surface area (Å²) in [6.07, 6.45) is 1.29. The third-order valence-corrected chi connectivity index (χ3v) is 4.48. The summed E-state index contributed by atoms with van der Waals surface area (Å²) in [5.41, 5.74) is 4.59. The van der Waals surface area contributed by atoms with Crippen molar-refractivity contribution in [1.82, 2.24) is 5.32 Å². The second kappa shape index (κ2) is 4.11. The SMILES string of the molecule is Cc1ccc(C2(C3CCNC3)COC2)c(C)c1. The third kappa shape index (κ3) is 1.71. The molecule has 2 heterocycles. The number of benzene rings is 1. The van der Waals surface area contributed by atoms with E-state index in [-0.39, 0.29) is 0 Å². The summed E-state index contributed by atoms with van der Waals surface area (Å²) in [5.74, 6) is 0.748. The van der Waals surface area contributed by atoms with E-state index in [1.807, 2.05) is 0 Å². The Hall–Kier alpha value is -0.860. The van der Waals surface area contributed by atoms with Crippen molar-refractivity contribution in [3.05, 3.63) is 34.9 Å². The first-order chi connectivity index (χ1) is 8.22. The van der Waals surface area contributed by atoms with Crippen molar-refractivity contribution in [2.45, 2.75) is 25.7 Å². The van der Waals surface area contributed by atoms with Crippen molar-refractivity contribution in [2.24, 2.45) is 5.92 Å². The molecule has 3 rings (SSSR count). The first kappa shape index (κ1) is 11.2. The molecule has 92 valence electrons. The number of rotatable bonds is 2. The fourth-order valence-corrected chi connectivity index (χ4v) is 3.43. The summed E-state index contributed by atoms with van der Waals surface area (Å²) in [6, 6.07) is 6.87. The molecule has 1 atom stereocenters. The summed E-state index contributed by atoms with van der Waals surface area (Å²) in [4.78, 5) is 0. The molecule has 17 heavy (non-hydrogen) atoms. The summed E-state index contributed by atoms with van der Waals surface area (Å²) >= 11 is 0. The van der Waals surface area contributed by atoms with Crippen LogP contribution in [0, 0.1) is 19.8 Å². The molecule has 0 aliphatic carbocycles. The maximum atomic E-state index is 5.56. The predicted molar refractivity (Wildman–Crippen MR) is 69.4 cm³/mol. The van der Waals surface area contributed by atoms with Crippen LogP contribution in [0.15, 0.2) is 18.2 Å². The van der Waals surface area contributed by atoms with Crippen LogP contribution in [0.4, 0.5) is 0 Å². The van der Waals surface area contributed by atoms with Crippen LogP contribution in [-0.4, -0.2) is 26.3 Å². The Bertz CT molecular complexity index is 417. The number of aryl methyl sites for hydroxylation is 2. The van der Waals surface area contributed by atoms with E-state index in [4.69, 9.17) is 4.74 Å². The fourth-order valence-electron chi connectivity index (χ4n) is 3.43.